The molecule has 0 aliphatic carbocycles. The molecule has 0 bridgehead atoms. The van der Waals surface area contributed by atoms with Crippen LogP contribution in [-0.2, 0) is 11.4 Å². The van der Waals surface area contributed by atoms with E-state index < -0.39 is 0 Å². The van der Waals surface area contributed by atoms with Crippen molar-refractivity contribution in [3.63, 3.8) is 0 Å². The molecule has 7 heteroatoms. The predicted octanol–water partition coefficient (Wildman–Crippen LogP) is 7.69. The summed E-state index contributed by atoms with van der Waals surface area (Å²) in [4.78, 5) is 20.6. The van der Waals surface area contributed by atoms with Crippen molar-refractivity contribution in [3.05, 3.63) is 123 Å². The Labute approximate surface area is 234 Å². The van der Waals surface area contributed by atoms with Crippen molar-refractivity contribution in [2.75, 3.05) is 12.0 Å². The molecule has 0 spiro atoms. The van der Waals surface area contributed by atoms with Gasteiger partial charge in [-0.2, -0.15) is 0 Å². The van der Waals surface area contributed by atoms with E-state index in [2.05, 4.69) is 22.6 Å². The molecule has 1 fully saturated rings. The number of para-hydroxylation sites is 2. The minimum atomic E-state index is -0.121. The van der Waals surface area contributed by atoms with Crippen LogP contribution in [0.15, 0.2) is 113 Å². The molecule has 4 aromatic carbocycles. The number of amides is 1. The minimum Gasteiger partial charge on any atom is -0.493 e. The van der Waals surface area contributed by atoms with Gasteiger partial charge in [0.05, 0.1) is 27.0 Å². The summed E-state index contributed by atoms with van der Waals surface area (Å²) >= 11 is 3.60. The number of aliphatic imine (C=N–C) groups is 1. The van der Waals surface area contributed by atoms with Gasteiger partial charge in [-0.3, -0.25) is 9.69 Å². The third kappa shape index (κ3) is 5.89. The molecule has 0 N–H and O–H groups in total. The molecule has 0 saturated carbocycles. The van der Waals surface area contributed by atoms with E-state index in [1.54, 1.807) is 12.0 Å². The molecule has 5 nitrogen and oxygen atoms in total. The first-order chi connectivity index (χ1) is 18.1. The fourth-order valence-corrected chi connectivity index (χ4v) is 5.59. The third-order valence-corrected chi connectivity index (χ3v) is 7.35. The number of ether oxygens (including phenoxy) is 2. The Balaban J connectivity index is 1.47. The normalized spacial score (nSPS) is 15.4. The van der Waals surface area contributed by atoms with Crippen molar-refractivity contribution in [1.29, 1.82) is 0 Å². The number of nitrogens with zero attached hydrogens (tertiary/aromatic N) is 2. The van der Waals surface area contributed by atoms with Gasteiger partial charge in [-0.15, -0.1) is 0 Å². The van der Waals surface area contributed by atoms with Gasteiger partial charge in [0.2, 0.25) is 0 Å². The predicted molar refractivity (Wildman–Crippen MR) is 160 cm³/mol. The summed E-state index contributed by atoms with van der Waals surface area (Å²) in [6, 6.07) is 33.1. The molecule has 184 valence electrons. The molecule has 1 amide bonds. The van der Waals surface area contributed by atoms with E-state index in [-0.39, 0.29) is 5.91 Å². The van der Waals surface area contributed by atoms with E-state index in [9.17, 15) is 4.79 Å². The second-order valence-corrected chi connectivity index (χ2v) is 10.3. The molecule has 1 heterocycles. The standard InChI is InChI=1S/C30H23IN2O3S/c1-35-26-18-22(17-25(31)28(26)36-20-21-11-5-2-6-12-21)19-27-29(34)33(24-15-9-4-10-16-24)30(37-27)32-23-13-7-3-8-14-23/h2-19H,20H2,1H3/b27-19-,32-30?. The van der Waals surface area contributed by atoms with Crippen LogP contribution in [0.4, 0.5) is 11.4 Å². The molecule has 1 saturated heterocycles. The van der Waals surface area contributed by atoms with E-state index >= 15 is 0 Å². The number of halogens is 1. The smallest absolute Gasteiger partial charge is 0.271 e. The van der Waals surface area contributed by atoms with Crippen LogP contribution in [0, 0.1) is 3.57 Å². The molecular weight excluding hydrogens is 595 g/mol. The monoisotopic (exact) mass is 618 g/mol. The topological polar surface area (TPSA) is 51.1 Å². The number of methoxy groups -OCH3 is 1. The van der Waals surface area contributed by atoms with Gasteiger partial charge in [-0.1, -0.05) is 66.7 Å². The molecule has 1 aliphatic rings. The van der Waals surface area contributed by atoms with Crippen molar-refractivity contribution < 1.29 is 14.3 Å². The van der Waals surface area contributed by atoms with E-state index in [0.29, 0.717) is 28.2 Å². The quantitative estimate of drug-likeness (QED) is 0.158. The first kappa shape index (κ1) is 25.1. The number of hydrogen-bond acceptors (Lipinski definition) is 5. The maximum Gasteiger partial charge on any atom is 0.271 e. The van der Waals surface area contributed by atoms with Crippen LogP contribution in [0.3, 0.4) is 0 Å². The van der Waals surface area contributed by atoms with Gasteiger partial charge < -0.3 is 9.47 Å². The Kier molecular flexibility index (Phi) is 7.91. The second kappa shape index (κ2) is 11.7. The van der Waals surface area contributed by atoms with Crippen LogP contribution in [-0.4, -0.2) is 18.2 Å². The second-order valence-electron chi connectivity index (χ2n) is 8.13. The Morgan fingerprint density at radius 3 is 2.24 bits per heavy atom. The summed E-state index contributed by atoms with van der Waals surface area (Å²) in [6.07, 6.45) is 1.88. The molecule has 0 unspecified atom stereocenters. The Bertz CT molecular complexity index is 1460. The van der Waals surface area contributed by atoms with Gasteiger partial charge in [-0.05, 0) is 88.0 Å². The van der Waals surface area contributed by atoms with E-state index in [1.165, 1.54) is 11.8 Å². The van der Waals surface area contributed by atoms with Crippen molar-refractivity contribution >= 4 is 62.9 Å². The number of anilines is 1. The van der Waals surface area contributed by atoms with Crippen LogP contribution < -0.4 is 14.4 Å². The van der Waals surface area contributed by atoms with Crippen molar-refractivity contribution in [1.82, 2.24) is 0 Å². The molecule has 37 heavy (non-hydrogen) atoms. The molecule has 5 rings (SSSR count). The van der Waals surface area contributed by atoms with Crippen molar-refractivity contribution in [2.24, 2.45) is 4.99 Å². The SMILES string of the molecule is COc1cc(/C=C2\SC(=Nc3ccccc3)N(c3ccccc3)C2=O)cc(I)c1OCc1ccccc1. The Morgan fingerprint density at radius 2 is 1.57 bits per heavy atom. The third-order valence-electron chi connectivity index (χ3n) is 5.58. The van der Waals surface area contributed by atoms with E-state index in [1.807, 2.05) is 109 Å². The zero-order valence-corrected chi connectivity index (χ0v) is 23.0. The molecule has 1 aliphatic heterocycles. The van der Waals surface area contributed by atoms with E-state index in [4.69, 9.17) is 14.5 Å². The molecule has 0 atom stereocenters. The minimum absolute atomic E-state index is 0.121. The molecule has 0 radical (unpaired) electrons. The largest absolute Gasteiger partial charge is 0.493 e. The summed E-state index contributed by atoms with van der Waals surface area (Å²) < 4.78 is 12.6. The summed E-state index contributed by atoms with van der Waals surface area (Å²) in [5.41, 5.74) is 3.48. The lowest BCUT2D eigenvalue weighted by Gasteiger charge is -2.15. The van der Waals surface area contributed by atoms with Gasteiger partial charge in [0.15, 0.2) is 16.7 Å². The highest BCUT2D eigenvalue weighted by Gasteiger charge is 2.34. The Morgan fingerprint density at radius 1 is 0.919 bits per heavy atom. The first-order valence-corrected chi connectivity index (χ1v) is 13.5. The van der Waals surface area contributed by atoms with Gasteiger partial charge in [0.25, 0.3) is 5.91 Å². The summed E-state index contributed by atoms with van der Waals surface area (Å²) in [5.74, 6) is 1.17. The fraction of sp³-hybridized carbons (Fsp3) is 0.0667. The highest BCUT2D eigenvalue weighted by atomic mass is 127. The van der Waals surface area contributed by atoms with Crippen LogP contribution >= 0.6 is 34.4 Å². The number of carbonyl (C=O) groups excluding carboxylic acids is 1. The number of benzene rings is 4. The van der Waals surface area contributed by atoms with E-state index in [0.717, 1.165) is 26.1 Å². The van der Waals surface area contributed by atoms with Gasteiger partial charge >= 0.3 is 0 Å². The maximum absolute atomic E-state index is 13.6. The number of carbonyl (C=O) groups is 1. The molecule has 4 aromatic rings. The molecule has 0 aromatic heterocycles. The van der Waals surface area contributed by atoms with Crippen LogP contribution in [0.1, 0.15) is 11.1 Å². The maximum atomic E-state index is 13.6. The number of thioether (sulfide) groups is 1. The van der Waals surface area contributed by atoms with Crippen LogP contribution in [0.2, 0.25) is 0 Å². The lowest BCUT2D eigenvalue weighted by atomic mass is 10.1. The summed E-state index contributed by atoms with van der Waals surface area (Å²) in [5, 5.41) is 0.609. The number of amidine groups is 1. The number of rotatable bonds is 7. The fourth-order valence-electron chi connectivity index (χ4n) is 3.81. The van der Waals surface area contributed by atoms with Crippen LogP contribution in [0.5, 0.6) is 11.5 Å². The Hall–Kier alpha value is -3.56. The van der Waals surface area contributed by atoms with Crippen molar-refractivity contribution in [3.8, 4) is 11.5 Å². The zero-order chi connectivity index (χ0) is 25.6. The zero-order valence-electron chi connectivity index (χ0n) is 20.0. The summed E-state index contributed by atoms with van der Waals surface area (Å²) in [7, 11) is 1.62. The molecular formula is C30H23IN2O3S. The number of hydrogen-bond donors (Lipinski definition) is 0. The average Bonchev–Trinajstić information content (AvgIpc) is 3.23. The van der Waals surface area contributed by atoms with Gasteiger partial charge in [-0.25, -0.2) is 4.99 Å². The highest BCUT2D eigenvalue weighted by molar-refractivity contribution is 14.1. The first-order valence-electron chi connectivity index (χ1n) is 11.6. The van der Waals surface area contributed by atoms with Crippen LogP contribution in [0.25, 0.3) is 6.08 Å². The van der Waals surface area contributed by atoms with Crippen molar-refractivity contribution in [2.45, 2.75) is 6.61 Å². The lowest BCUT2D eigenvalue weighted by molar-refractivity contribution is -0.113. The highest BCUT2D eigenvalue weighted by Crippen LogP contribution is 2.39. The van der Waals surface area contributed by atoms with Gasteiger partial charge in [0, 0.05) is 0 Å². The summed E-state index contributed by atoms with van der Waals surface area (Å²) in [6.45, 7) is 0.438. The average molecular weight is 618 g/mol. The van der Waals surface area contributed by atoms with Gasteiger partial charge in [0.1, 0.15) is 6.61 Å². The lowest BCUT2D eigenvalue weighted by Crippen LogP contribution is -2.28.